The van der Waals surface area contributed by atoms with Crippen LogP contribution in [-0.4, -0.2) is 30.8 Å². The molecule has 1 heterocycles. The van der Waals surface area contributed by atoms with Crippen molar-refractivity contribution in [2.75, 3.05) is 13.2 Å². The van der Waals surface area contributed by atoms with Gasteiger partial charge in [-0.1, -0.05) is 18.2 Å². The zero-order valence-electron chi connectivity index (χ0n) is 15.4. The second-order valence-corrected chi connectivity index (χ2v) is 6.34. The van der Waals surface area contributed by atoms with Gasteiger partial charge in [-0.05, 0) is 61.6 Å². The van der Waals surface area contributed by atoms with Crippen molar-refractivity contribution < 1.29 is 27.8 Å². The van der Waals surface area contributed by atoms with E-state index in [-0.39, 0.29) is 23.8 Å². The maximum absolute atomic E-state index is 12.6. The summed E-state index contributed by atoms with van der Waals surface area (Å²) in [6, 6.07) is 9.78. The molecule has 0 unspecified atom stereocenters. The number of carbonyl (C=O) groups is 1. The molecule has 1 aromatic carbocycles. The molecule has 28 heavy (non-hydrogen) atoms. The average molecular weight is 389 g/mol. The Labute approximate surface area is 161 Å². The smallest absolute Gasteiger partial charge is 0.387 e. The fourth-order valence-corrected chi connectivity index (χ4v) is 2.47. The topological polar surface area (TPSA) is 57.7 Å². The first-order valence-electron chi connectivity index (χ1n) is 9.09. The first-order valence-corrected chi connectivity index (χ1v) is 9.09. The molecule has 0 spiro atoms. The van der Waals surface area contributed by atoms with Gasteiger partial charge in [-0.25, -0.2) is 9.78 Å². The van der Waals surface area contributed by atoms with Gasteiger partial charge in [-0.2, -0.15) is 8.78 Å². The Morgan fingerprint density at radius 3 is 2.75 bits per heavy atom. The monoisotopic (exact) mass is 389 g/mol. The van der Waals surface area contributed by atoms with Crippen LogP contribution in [-0.2, 0) is 4.74 Å². The lowest BCUT2D eigenvalue weighted by atomic mass is 10.1. The highest BCUT2D eigenvalue weighted by Gasteiger charge is 2.23. The number of nitrogens with zero attached hydrogens (tertiary/aromatic N) is 1. The van der Waals surface area contributed by atoms with Crippen molar-refractivity contribution in [2.45, 2.75) is 26.4 Å². The van der Waals surface area contributed by atoms with Crippen LogP contribution < -0.4 is 9.47 Å². The Morgan fingerprint density at radius 1 is 1.21 bits per heavy atom. The number of halogens is 2. The molecule has 1 saturated carbocycles. The van der Waals surface area contributed by atoms with Crippen molar-refractivity contribution in [1.82, 2.24) is 4.98 Å². The summed E-state index contributed by atoms with van der Waals surface area (Å²) >= 11 is 0. The molecule has 3 rings (SSSR count). The Balaban J connectivity index is 1.76. The number of benzene rings is 1. The molecule has 0 amide bonds. The lowest BCUT2D eigenvalue weighted by molar-refractivity contribution is -0.0515. The molecule has 0 atom stereocenters. The molecular formula is C21H21F2NO4. The third-order valence-corrected chi connectivity index (χ3v) is 4.06. The minimum atomic E-state index is -2.92. The molecule has 0 N–H and O–H groups in total. The van der Waals surface area contributed by atoms with E-state index < -0.39 is 12.6 Å². The van der Waals surface area contributed by atoms with Crippen LogP contribution in [0.4, 0.5) is 8.78 Å². The standard InChI is InChI=1S/C21H21F2NO4/c1-2-26-20(25)17-5-3-4-16(24-17)10-8-14-9-11-18(28-21(22)23)19(12-14)27-13-15-6-7-15/h3-5,8-12,15,21H,2,6-7,13H2,1H3/b10-8+. The Bertz CT molecular complexity index is 850. The minimum absolute atomic E-state index is 0.00948. The maximum Gasteiger partial charge on any atom is 0.387 e. The molecule has 1 aliphatic rings. The van der Waals surface area contributed by atoms with E-state index in [1.807, 2.05) is 0 Å². The molecule has 1 aliphatic carbocycles. The van der Waals surface area contributed by atoms with Gasteiger partial charge >= 0.3 is 12.6 Å². The number of hydrogen-bond donors (Lipinski definition) is 0. The van der Waals surface area contributed by atoms with Crippen molar-refractivity contribution in [3.05, 3.63) is 53.3 Å². The van der Waals surface area contributed by atoms with Gasteiger partial charge in [-0.15, -0.1) is 0 Å². The Kier molecular flexibility index (Phi) is 6.57. The average Bonchev–Trinajstić information content (AvgIpc) is 3.50. The summed E-state index contributed by atoms with van der Waals surface area (Å²) in [5.41, 5.74) is 1.52. The summed E-state index contributed by atoms with van der Waals surface area (Å²) in [6.07, 6.45) is 5.66. The van der Waals surface area contributed by atoms with E-state index in [9.17, 15) is 13.6 Å². The van der Waals surface area contributed by atoms with Crippen LogP contribution in [0.3, 0.4) is 0 Å². The summed E-state index contributed by atoms with van der Waals surface area (Å²) in [7, 11) is 0. The first-order chi connectivity index (χ1) is 13.5. The molecule has 0 saturated heterocycles. The number of pyridine rings is 1. The molecule has 148 valence electrons. The van der Waals surface area contributed by atoms with Crippen LogP contribution in [0.15, 0.2) is 36.4 Å². The van der Waals surface area contributed by atoms with E-state index in [0.29, 0.717) is 18.2 Å². The van der Waals surface area contributed by atoms with Gasteiger partial charge in [-0.3, -0.25) is 0 Å². The number of esters is 1. The highest BCUT2D eigenvalue weighted by molar-refractivity contribution is 5.87. The van der Waals surface area contributed by atoms with Crippen LogP contribution >= 0.6 is 0 Å². The van der Waals surface area contributed by atoms with Crippen molar-refractivity contribution in [3.63, 3.8) is 0 Å². The largest absolute Gasteiger partial charge is 0.489 e. The second-order valence-electron chi connectivity index (χ2n) is 6.34. The van der Waals surface area contributed by atoms with Crippen molar-refractivity contribution >= 4 is 18.1 Å². The van der Waals surface area contributed by atoms with Gasteiger partial charge in [0.1, 0.15) is 5.69 Å². The van der Waals surface area contributed by atoms with E-state index >= 15 is 0 Å². The highest BCUT2D eigenvalue weighted by Crippen LogP contribution is 2.34. The van der Waals surface area contributed by atoms with Crippen LogP contribution in [0.1, 0.15) is 41.5 Å². The van der Waals surface area contributed by atoms with Gasteiger partial charge < -0.3 is 14.2 Å². The van der Waals surface area contributed by atoms with Crippen molar-refractivity contribution in [3.8, 4) is 11.5 Å². The third-order valence-electron chi connectivity index (χ3n) is 4.06. The first kappa shape index (κ1) is 19.8. The number of alkyl halides is 2. The molecule has 0 radical (unpaired) electrons. The third kappa shape index (κ3) is 5.77. The van der Waals surface area contributed by atoms with Gasteiger partial charge in [0.25, 0.3) is 0 Å². The summed E-state index contributed by atoms with van der Waals surface area (Å²) in [5.74, 6) is 0.285. The summed E-state index contributed by atoms with van der Waals surface area (Å²) in [4.78, 5) is 16.0. The van der Waals surface area contributed by atoms with Gasteiger partial charge in [0.05, 0.1) is 18.9 Å². The molecular weight excluding hydrogens is 368 g/mol. The molecule has 0 aliphatic heterocycles. The van der Waals surface area contributed by atoms with E-state index in [2.05, 4.69) is 9.72 Å². The van der Waals surface area contributed by atoms with Gasteiger partial charge in [0.15, 0.2) is 11.5 Å². The van der Waals surface area contributed by atoms with Crippen LogP contribution in [0.25, 0.3) is 12.2 Å². The number of rotatable bonds is 9. The number of aromatic nitrogens is 1. The van der Waals surface area contributed by atoms with Crippen molar-refractivity contribution in [1.29, 1.82) is 0 Å². The van der Waals surface area contributed by atoms with E-state index in [1.165, 1.54) is 6.07 Å². The molecule has 1 fully saturated rings. The summed E-state index contributed by atoms with van der Waals surface area (Å²) < 4.78 is 40.3. The van der Waals surface area contributed by atoms with E-state index in [4.69, 9.17) is 9.47 Å². The minimum Gasteiger partial charge on any atom is -0.489 e. The SMILES string of the molecule is CCOC(=O)c1cccc(/C=C/c2ccc(OC(F)F)c(OCC3CC3)c2)n1. The van der Waals surface area contributed by atoms with E-state index in [1.54, 1.807) is 49.4 Å². The van der Waals surface area contributed by atoms with Crippen LogP contribution in [0, 0.1) is 5.92 Å². The Morgan fingerprint density at radius 2 is 2.04 bits per heavy atom. The summed E-state index contributed by atoms with van der Waals surface area (Å²) in [5, 5.41) is 0. The quantitative estimate of drug-likeness (QED) is 0.576. The van der Waals surface area contributed by atoms with Gasteiger partial charge in [0, 0.05) is 0 Å². The van der Waals surface area contributed by atoms with Crippen LogP contribution in [0.2, 0.25) is 0 Å². The Hall–Kier alpha value is -2.96. The molecule has 0 bridgehead atoms. The van der Waals surface area contributed by atoms with Crippen molar-refractivity contribution in [2.24, 2.45) is 5.92 Å². The number of carbonyl (C=O) groups excluding carboxylic acids is 1. The van der Waals surface area contributed by atoms with Crippen LogP contribution in [0.5, 0.6) is 11.5 Å². The molecule has 2 aromatic rings. The van der Waals surface area contributed by atoms with E-state index in [0.717, 1.165) is 18.4 Å². The maximum atomic E-state index is 12.6. The zero-order valence-corrected chi connectivity index (χ0v) is 15.4. The number of ether oxygens (including phenoxy) is 3. The molecule has 7 heteroatoms. The normalized spacial score (nSPS) is 13.7. The lowest BCUT2D eigenvalue weighted by Gasteiger charge is -2.12. The zero-order chi connectivity index (χ0) is 19.9. The lowest BCUT2D eigenvalue weighted by Crippen LogP contribution is -2.07. The fourth-order valence-electron chi connectivity index (χ4n) is 2.47. The second kappa shape index (κ2) is 9.30. The molecule has 5 nitrogen and oxygen atoms in total. The predicted octanol–water partition coefficient (Wildman–Crippen LogP) is 4.82. The number of hydrogen-bond acceptors (Lipinski definition) is 5. The fraction of sp³-hybridized carbons (Fsp3) is 0.333. The van der Waals surface area contributed by atoms with Gasteiger partial charge in [0.2, 0.25) is 0 Å². The predicted molar refractivity (Wildman–Crippen MR) is 100 cm³/mol. The molecule has 1 aromatic heterocycles. The summed E-state index contributed by atoms with van der Waals surface area (Å²) in [6.45, 7) is -0.432. The highest BCUT2D eigenvalue weighted by atomic mass is 19.3.